The van der Waals surface area contributed by atoms with Crippen molar-refractivity contribution >= 4 is 31.9 Å². The standard InChI is InChI=1S/C8H7Br2F/c1-4-3-5(2)7(10)8(11)6(4)9/h3H,1-2H3. The molecule has 1 rings (SSSR count). The van der Waals surface area contributed by atoms with Crippen LogP contribution in [0.25, 0.3) is 0 Å². The van der Waals surface area contributed by atoms with E-state index in [-0.39, 0.29) is 5.82 Å². The van der Waals surface area contributed by atoms with E-state index in [2.05, 4.69) is 31.9 Å². The summed E-state index contributed by atoms with van der Waals surface area (Å²) in [6.07, 6.45) is 0. The Hall–Kier alpha value is 0.110. The van der Waals surface area contributed by atoms with Crippen molar-refractivity contribution < 1.29 is 4.39 Å². The van der Waals surface area contributed by atoms with Crippen molar-refractivity contribution in [2.75, 3.05) is 0 Å². The maximum atomic E-state index is 13.2. The molecule has 0 atom stereocenters. The predicted octanol–water partition coefficient (Wildman–Crippen LogP) is 3.97. The van der Waals surface area contributed by atoms with Crippen molar-refractivity contribution in [1.82, 2.24) is 0 Å². The maximum Gasteiger partial charge on any atom is 0.152 e. The summed E-state index contributed by atoms with van der Waals surface area (Å²) in [5.41, 5.74) is 1.84. The van der Waals surface area contributed by atoms with Crippen molar-refractivity contribution in [1.29, 1.82) is 0 Å². The van der Waals surface area contributed by atoms with Crippen molar-refractivity contribution in [3.63, 3.8) is 0 Å². The fourth-order valence-corrected chi connectivity index (χ4v) is 1.79. The summed E-state index contributed by atoms with van der Waals surface area (Å²) in [5, 5.41) is 0. The van der Waals surface area contributed by atoms with E-state index >= 15 is 0 Å². The van der Waals surface area contributed by atoms with Crippen LogP contribution in [0, 0.1) is 19.7 Å². The minimum absolute atomic E-state index is 0.220. The molecular formula is C8H7Br2F. The topological polar surface area (TPSA) is 0 Å². The molecule has 0 radical (unpaired) electrons. The van der Waals surface area contributed by atoms with Crippen LogP contribution in [0.2, 0.25) is 0 Å². The van der Waals surface area contributed by atoms with Crippen LogP contribution >= 0.6 is 31.9 Å². The summed E-state index contributed by atoms with van der Waals surface area (Å²) in [6, 6.07) is 1.93. The predicted molar refractivity (Wildman–Crippen MR) is 51.3 cm³/mol. The Labute approximate surface area is 82.1 Å². The Balaban J connectivity index is 3.46. The molecule has 0 spiro atoms. The zero-order chi connectivity index (χ0) is 8.59. The van der Waals surface area contributed by atoms with Gasteiger partial charge >= 0.3 is 0 Å². The fourth-order valence-electron chi connectivity index (χ4n) is 0.894. The second kappa shape index (κ2) is 3.23. The summed E-state index contributed by atoms with van der Waals surface area (Å²) in [7, 11) is 0. The first kappa shape index (κ1) is 9.20. The molecule has 0 aliphatic carbocycles. The van der Waals surface area contributed by atoms with Crippen molar-refractivity contribution in [2.24, 2.45) is 0 Å². The number of aryl methyl sites for hydroxylation is 2. The fraction of sp³-hybridized carbons (Fsp3) is 0.250. The molecule has 3 heteroatoms. The summed E-state index contributed by atoms with van der Waals surface area (Å²) in [4.78, 5) is 0. The van der Waals surface area contributed by atoms with Gasteiger partial charge in [0.05, 0.1) is 8.95 Å². The van der Waals surface area contributed by atoms with Crippen molar-refractivity contribution in [3.8, 4) is 0 Å². The van der Waals surface area contributed by atoms with Crippen LogP contribution in [0.4, 0.5) is 4.39 Å². The van der Waals surface area contributed by atoms with Crippen LogP contribution in [-0.4, -0.2) is 0 Å². The Morgan fingerprint density at radius 2 is 1.45 bits per heavy atom. The first-order chi connectivity index (χ1) is 5.04. The monoisotopic (exact) mass is 280 g/mol. The van der Waals surface area contributed by atoms with Gasteiger partial charge in [0.1, 0.15) is 0 Å². The number of benzene rings is 1. The molecule has 0 aliphatic rings. The van der Waals surface area contributed by atoms with E-state index in [0.29, 0.717) is 8.95 Å². The average Bonchev–Trinajstić information content (AvgIpc) is 1.97. The van der Waals surface area contributed by atoms with Gasteiger partial charge in [-0.3, -0.25) is 0 Å². The van der Waals surface area contributed by atoms with Gasteiger partial charge in [0.2, 0.25) is 0 Å². The minimum Gasteiger partial charge on any atom is -0.204 e. The highest BCUT2D eigenvalue weighted by Crippen LogP contribution is 2.29. The lowest BCUT2D eigenvalue weighted by Crippen LogP contribution is -1.88. The van der Waals surface area contributed by atoms with E-state index < -0.39 is 0 Å². The molecule has 1 aromatic carbocycles. The van der Waals surface area contributed by atoms with Crippen LogP contribution in [0.15, 0.2) is 15.0 Å². The van der Waals surface area contributed by atoms with Crippen molar-refractivity contribution in [2.45, 2.75) is 13.8 Å². The first-order valence-corrected chi connectivity index (χ1v) is 4.73. The lowest BCUT2D eigenvalue weighted by atomic mass is 10.1. The highest BCUT2D eigenvalue weighted by molar-refractivity contribution is 9.11. The van der Waals surface area contributed by atoms with Gasteiger partial charge in [-0.15, -0.1) is 0 Å². The Morgan fingerprint density at radius 1 is 1.09 bits per heavy atom. The van der Waals surface area contributed by atoms with Gasteiger partial charge in [0, 0.05) is 0 Å². The molecule has 0 bridgehead atoms. The molecule has 0 unspecified atom stereocenters. The van der Waals surface area contributed by atoms with Crippen LogP contribution in [-0.2, 0) is 0 Å². The third-order valence-electron chi connectivity index (χ3n) is 1.51. The smallest absolute Gasteiger partial charge is 0.152 e. The average molecular weight is 282 g/mol. The summed E-state index contributed by atoms with van der Waals surface area (Å²) in [6.45, 7) is 3.74. The SMILES string of the molecule is Cc1cc(C)c(Br)c(F)c1Br. The number of hydrogen-bond donors (Lipinski definition) is 0. The van der Waals surface area contributed by atoms with Crippen LogP contribution in [0.5, 0.6) is 0 Å². The molecule has 0 N–H and O–H groups in total. The molecule has 0 aliphatic heterocycles. The van der Waals surface area contributed by atoms with Gasteiger partial charge in [0.25, 0.3) is 0 Å². The molecule has 1 aromatic rings. The zero-order valence-electron chi connectivity index (χ0n) is 6.21. The molecular weight excluding hydrogens is 275 g/mol. The van der Waals surface area contributed by atoms with E-state index in [1.54, 1.807) is 0 Å². The van der Waals surface area contributed by atoms with E-state index in [0.717, 1.165) is 11.1 Å². The second-order valence-corrected chi connectivity index (χ2v) is 4.04. The Kier molecular flexibility index (Phi) is 2.70. The first-order valence-electron chi connectivity index (χ1n) is 3.14. The van der Waals surface area contributed by atoms with E-state index in [4.69, 9.17) is 0 Å². The lowest BCUT2D eigenvalue weighted by molar-refractivity contribution is 0.611. The Bertz CT molecular complexity index is 268. The molecule has 0 fully saturated rings. The maximum absolute atomic E-state index is 13.2. The van der Waals surface area contributed by atoms with Crippen LogP contribution in [0.1, 0.15) is 11.1 Å². The number of hydrogen-bond acceptors (Lipinski definition) is 0. The molecule has 60 valence electrons. The van der Waals surface area contributed by atoms with E-state index in [1.807, 2.05) is 19.9 Å². The molecule has 0 nitrogen and oxygen atoms in total. The largest absolute Gasteiger partial charge is 0.204 e. The van der Waals surface area contributed by atoms with E-state index in [9.17, 15) is 4.39 Å². The molecule has 0 saturated heterocycles. The Morgan fingerprint density at radius 3 is 1.82 bits per heavy atom. The molecule has 0 amide bonds. The van der Waals surface area contributed by atoms with E-state index in [1.165, 1.54) is 0 Å². The van der Waals surface area contributed by atoms with Gasteiger partial charge < -0.3 is 0 Å². The molecule has 11 heavy (non-hydrogen) atoms. The van der Waals surface area contributed by atoms with Gasteiger partial charge in [-0.1, -0.05) is 6.07 Å². The quantitative estimate of drug-likeness (QED) is 0.632. The summed E-state index contributed by atoms with van der Waals surface area (Å²) < 4.78 is 14.2. The highest BCUT2D eigenvalue weighted by atomic mass is 79.9. The van der Waals surface area contributed by atoms with Gasteiger partial charge in [-0.2, -0.15) is 0 Å². The lowest BCUT2D eigenvalue weighted by Gasteiger charge is -2.04. The van der Waals surface area contributed by atoms with Crippen molar-refractivity contribution in [3.05, 3.63) is 32.0 Å². The van der Waals surface area contributed by atoms with Gasteiger partial charge in [-0.25, -0.2) is 4.39 Å². The molecule has 0 aromatic heterocycles. The third-order valence-corrected chi connectivity index (χ3v) is 3.46. The third kappa shape index (κ3) is 1.64. The normalized spacial score (nSPS) is 10.3. The van der Waals surface area contributed by atoms with Gasteiger partial charge in [-0.05, 0) is 56.8 Å². The highest BCUT2D eigenvalue weighted by Gasteiger charge is 2.09. The second-order valence-electron chi connectivity index (χ2n) is 2.45. The van der Waals surface area contributed by atoms with Crippen LogP contribution < -0.4 is 0 Å². The van der Waals surface area contributed by atoms with Gasteiger partial charge in [0.15, 0.2) is 5.82 Å². The number of halogens is 3. The zero-order valence-corrected chi connectivity index (χ0v) is 9.38. The number of rotatable bonds is 0. The molecule has 0 saturated carbocycles. The van der Waals surface area contributed by atoms with Crippen LogP contribution in [0.3, 0.4) is 0 Å². The molecule has 0 heterocycles. The minimum atomic E-state index is -0.220. The summed E-state index contributed by atoms with van der Waals surface area (Å²) >= 11 is 6.32. The summed E-state index contributed by atoms with van der Waals surface area (Å²) in [5.74, 6) is -0.220.